The van der Waals surface area contributed by atoms with Crippen molar-refractivity contribution in [2.24, 2.45) is 0 Å². The highest BCUT2D eigenvalue weighted by atomic mass is 79.9. The van der Waals surface area contributed by atoms with Crippen LogP contribution in [0.5, 0.6) is 0 Å². The van der Waals surface area contributed by atoms with Gasteiger partial charge in [0.25, 0.3) is 5.91 Å². The van der Waals surface area contributed by atoms with Crippen LogP contribution in [0, 0.1) is 0 Å². The summed E-state index contributed by atoms with van der Waals surface area (Å²) in [6.07, 6.45) is 1.55. The van der Waals surface area contributed by atoms with Crippen molar-refractivity contribution in [3.05, 3.63) is 64.1 Å². The molecule has 0 unspecified atom stereocenters. The van der Waals surface area contributed by atoms with E-state index >= 15 is 0 Å². The molecule has 0 saturated carbocycles. The summed E-state index contributed by atoms with van der Waals surface area (Å²) in [6, 6.07) is 14.9. The zero-order valence-corrected chi connectivity index (χ0v) is 14.2. The Morgan fingerprint density at radius 3 is 2.65 bits per heavy atom. The Morgan fingerprint density at radius 1 is 1.17 bits per heavy atom. The Morgan fingerprint density at radius 2 is 1.96 bits per heavy atom. The minimum absolute atomic E-state index is 0.151. The topological polar surface area (TPSA) is 49.4 Å². The van der Waals surface area contributed by atoms with E-state index in [1.807, 2.05) is 47.4 Å². The van der Waals surface area contributed by atoms with E-state index in [0.29, 0.717) is 18.5 Å². The summed E-state index contributed by atoms with van der Waals surface area (Å²) < 4.78 is 0.966. The molecular formula is C18H17BrN2O2. The van der Waals surface area contributed by atoms with E-state index in [9.17, 15) is 9.59 Å². The van der Waals surface area contributed by atoms with Crippen molar-refractivity contribution in [1.29, 1.82) is 0 Å². The standard InChI is InChI=1S/C18H17BrN2O2/c19-15-6-8-16(9-7-15)20-18(23)14-4-1-3-13(11-14)12-21-10-2-5-17(21)22/h1,3-4,6-9,11H,2,5,10,12H2,(H,20,23). The average Bonchev–Trinajstić information content (AvgIpc) is 2.95. The summed E-state index contributed by atoms with van der Waals surface area (Å²) in [5.74, 6) is 0.0386. The molecule has 1 saturated heterocycles. The first-order chi connectivity index (χ1) is 11.1. The molecule has 118 valence electrons. The fourth-order valence-electron chi connectivity index (χ4n) is 2.64. The number of carbonyl (C=O) groups excluding carboxylic acids is 2. The molecule has 0 atom stereocenters. The lowest BCUT2D eigenvalue weighted by molar-refractivity contribution is -0.128. The summed E-state index contributed by atoms with van der Waals surface area (Å²) in [4.78, 5) is 25.9. The number of nitrogens with one attached hydrogen (secondary N) is 1. The molecule has 1 aliphatic rings. The maximum absolute atomic E-state index is 12.3. The second-order valence-electron chi connectivity index (χ2n) is 5.58. The van der Waals surface area contributed by atoms with Gasteiger partial charge in [-0.1, -0.05) is 28.1 Å². The maximum atomic E-state index is 12.3. The predicted octanol–water partition coefficient (Wildman–Crippen LogP) is 3.82. The molecule has 1 heterocycles. The monoisotopic (exact) mass is 372 g/mol. The van der Waals surface area contributed by atoms with Gasteiger partial charge in [-0.2, -0.15) is 0 Å². The van der Waals surface area contributed by atoms with E-state index in [4.69, 9.17) is 0 Å². The number of hydrogen-bond donors (Lipinski definition) is 1. The van der Waals surface area contributed by atoms with Gasteiger partial charge < -0.3 is 10.2 Å². The minimum atomic E-state index is -0.151. The molecule has 0 radical (unpaired) electrons. The van der Waals surface area contributed by atoms with Crippen molar-refractivity contribution >= 4 is 33.4 Å². The highest BCUT2D eigenvalue weighted by Gasteiger charge is 2.20. The number of amides is 2. The molecule has 1 N–H and O–H groups in total. The first-order valence-corrected chi connectivity index (χ1v) is 8.35. The van der Waals surface area contributed by atoms with Gasteiger partial charge in [0.2, 0.25) is 5.91 Å². The van der Waals surface area contributed by atoms with Gasteiger partial charge in [0.1, 0.15) is 0 Å². The van der Waals surface area contributed by atoms with Gasteiger partial charge in [0, 0.05) is 35.2 Å². The highest BCUT2D eigenvalue weighted by Crippen LogP contribution is 2.17. The molecule has 0 aliphatic carbocycles. The lowest BCUT2D eigenvalue weighted by Gasteiger charge is -2.16. The third-order valence-electron chi connectivity index (χ3n) is 3.84. The molecule has 2 aromatic rings. The van der Waals surface area contributed by atoms with Gasteiger partial charge in [-0.25, -0.2) is 0 Å². The second-order valence-corrected chi connectivity index (χ2v) is 6.50. The number of halogens is 1. The van der Waals surface area contributed by atoms with Gasteiger partial charge in [-0.15, -0.1) is 0 Å². The van der Waals surface area contributed by atoms with Crippen LogP contribution in [0.1, 0.15) is 28.8 Å². The molecule has 0 aromatic heterocycles. The number of benzene rings is 2. The van der Waals surface area contributed by atoms with E-state index in [0.717, 1.165) is 28.7 Å². The molecule has 1 fully saturated rings. The number of rotatable bonds is 4. The smallest absolute Gasteiger partial charge is 0.255 e. The molecular weight excluding hydrogens is 356 g/mol. The Balaban J connectivity index is 1.69. The van der Waals surface area contributed by atoms with Crippen LogP contribution in [0.4, 0.5) is 5.69 Å². The Hall–Kier alpha value is -2.14. The Labute approximate surface area is 143 Å². The summed E-state index contributed by atoms with van der Waals surface area (Å²) in [7, 11) is 0. The quantitative estimate of drug-likeness (QED) is 0.886. The molecule has 0 bridgehead atoms. The van der Waals surface area contributed by atoms with Gasteiger partial charge in [-0.05, 0) is 48.4 Å². The van der Waals surface area contributed by atoms with E-state index in [1.54, 1.807) is 6.07 Å². The number of likely N-dealkylation sites (tertiary alicyclic amines) is 1. The third kappa shape index (κ3) is 3.99. The number of carbonyl (C=O) groups is 2. The lowest BCUT2D eigenvalue weighted by Crippen LogP contribution is -2.24. The molecule has 1 aliphatic heterocycles. The van der Waals surface area contributed by atoms with Crippen LogP contribution >= 0.6 is 15.9 Å². The van der Waals surface area contributed by atoms with Crippen LogP contribution in [-0.2, 0) is 11.3 Å². The molecule has 2 amide bonds. The van der Waals surface area contributed by atoms with E-state index in [1.165, 1.54) is 0 Å². The molecule has 23 heavy (non-hydrogen) atoms. The van der Waals surface area contributed by atoms with Crippen molar-refractivity contribution in [2.45, 2.75) is 19.4 Å². The van der Waals surface area contributed by atoms with Crippen molar-refractivity contribution in [3.63, 3.8) is 0 Å². The fraction of sp³-hybridized carbons (Fsp3) is 0.222. The first kappa shape index (κ1) is 15.7. The normalized spacial score (nSPS) is 14.1. The largest absolute Gasteiger partial charge is 0.338 e. The molecule has 2 aromatic carbocycles. The van der Waals surface area contributed by atoms with Crippen LogP contribution < -0.4 is 5.32 Å². The number of nitrogens with zero attached hydrogens (tertiary/aromatic N) is 1. The Bertz CT molecular complexity index is 728. The summed E-state index contributed by atoms with van der Waals surface area (Å²) >= 11 is 3.37. The van der Waals surface area contributed by atoms with Crippen molar-refractivity contribution in [1.82, 2.24) is 4.90 Å². The van der Waals surface area contributed by atoms with E-state index in [2.05, 4.69) is 21.2 Å². The fourth-order valence-corrected chi connectivity index (χ4v) is 2.90. The van der Waals surface area contributed by atoms with Crippen LogP contribution in [0.2, 0.25) is 0 Å². The van der Waals surface area contributed by atoms with Crippen LogP contribution in [0.25, 0.3) is 0 Å². The zero-order chi connectivity index (χ0) is 16.2. The van der Waals surface area contributed by atoms with Crippen molar-refractivity contribution < 1.29 is 9.59 Å². The minimum Gasteiger partial charge on any atom is -0.338 e. The van der Waals surface area contributed by atoms with Gasteiger partial charge in [-0.3, -0.25) is 9.59 Å². The van der Waals surface area contributed by atoms with Crippen LogP contribution in [0.3, 0.4) is 0 Å². The van der Waals surface area contributed by atoms with Crippen molar-refractivity contribution in [3.8, 4) is 0 Å². The first-order valence-electron chi connectivity index (χ1n) is 7.55. The number of hydrogen-bond acceptors (Lipinski definition) is 2. The van der Waals surface area contributed by atoms with Crippen LogP contribution in [0.15, 0.2) is 53.0 Å². The van der Waals surface area contributed by atoms with Gasteiger partial charge in [0.05, 0.1) is 0 Å². The molecule has 4 nitrogen and oxygen atoms in total. The second kappa shape index (κ2) is 6.96. The van der Waals surface area contributed by atoms with Crippen LogP contribution in [-0.4, -0.2) is 23.3 Å². The van der Waals surface area contributed by atoms with Crippen molar-refractivity contribution in [2.75, 3.05) is 11.9 Å². The lowest BCUT2D eigenvalue weighted by atomic mass is 10.1. The number of anilines is 1. The van der Waals surface area contributed by atoms with Gasteiger partial charge in [0.15, 0.2) is 0 Å². The molecule has 0 spiro atoms. The Kier molecular flexibility index (Phi) is 4.76. The summed E-state index contributed by atoms with van der Waals surface area (Å²) in [6.45, 7) is 1.37. The summed E-state index contributed by atoms with van der Waals surface area (Å²) in [5.41, 5.74) is 2.32. The highest BCUT2D eigenvalue weighted by molar-refractivity contribution is 9.10. The van der Waals surface area contributed by atoms with Gasteiger partial charge >= 0.3 is 0 Å². The maximum Gasteiger partial charge on any atom is 0.255 e. The zero-order valence-electron chi connectivity index (χ0n) is 12.6. The van der Waals surface area contributed by atoms with E-state index in [-0.39, 0.29) is 11.8 Å². The average molecular weight is 373 g/mol. The predicted molar refractivity (Wildman–Crippen MR) is 93.2 cm³/mol. The molecule has 5 heteroatoms. The summed E-state index contributed by atoms with van der Waals surface area (Å²) in [5, 5.41) is 2.87. The third-order valence-corrected chi connectivity index (χ3v) is 4.36. The van der Waals surface area contributed by atoms with E-state index < -0.39 is 0 Å². The molecule has 3 rings (SSSR count). The SMILES string of the molecule is O=C(Nc1ccc(Br)cc1)c1cccc(CN2CCCC2=O)c1.